The zero-order chi connectivity index (χ0) is 27.2. The largest absolute Gasteiger partial charge is 0.497 e. The lowest BCUT2D eigenvalue weighted by Crippen LogP contribution is -2.47. The van der Waals surface area contributed by atoms with Crippen LogP contribution in [-0.2, 0) is 16.1 Å². The number of hydrogen-bond acceptors (Lipinski definition) is 6. The summed E-state index contributed by atoms with van der Waals surface area (Å²) >= 11 is 0. The van der Waals surface area contributed by atoms with E-state index in [2.05, 4.69) is 15.6 Å². The number of methoxy groups -OCH3 is 1. The molecule has 1 aromatic heterocycles. The Morgan fingerprint density at radius 3 is 2.54 bits per heavy atom. The van der Waals surface area contributed by atoms with Gasteiger partial charge in [-0.1, -0.05) is 42.3 Å². The van der Waals surface area contributed by atoms with Gasteiger partial charge in [0, 0.05) is 11.7 Å². The van der Waals surface area contributed by atoms with Crippen molar-refractivity contribution in [2.75, 3.05) is 18.6 Å². The number of ether oxygens (including phenoxy) is 2. The first-order chi connectivity index (χ1) is 19.1. The molecule has 0 unspecified atom stereocenters. The molecule has 1 atom stereocenters. The summed E-state index contributed by atoms with van der Waals surface area (Å²) in [6, 6.07) is 21.2. The SMILES string of the molecule is CCOc1ccc(N(C(=O)Cn2nnc3ccccc32)[C@@H](C(=O)NC2CCCC2)c2cccc(OC)c2)cc1. The third kappa shape index (κ3) is 5.87. The van der Waals surface area contributed by atoms with Gasteiger partial charge in [0.25, 0.3) is 0 Å². The van der Waals surface area contributed by atoms with Crippen LogP contribution in [0.25, 0.3) is 11.0 Å². The first kappa shape index (κ1) is 26.2. The van der Waals surface area contributed by atoms with E-state index in [1.54, 1.807) is 34.9 Å². The highest BCUT2D eigenvalue weighted by molar-refractivity contribution is 6.01. The van der Waals surface area contributed by atoms with E-state index in [1.807, 2.05) is 61.5 Å². The minimum Gasteiger partial charge on any atom is -0.497 e. The Labute approximate surface area is 227 Å². The average molecular weight is 528 g/mol. The number of hydrogen-bond donors (Lipinski definition) is 1. The van der Waals surface area contributed by atoms with Crippen LogP contribution in [0, 0.1) is 0 Å². The van der Waals surface area contributed by atoms with Crippen LogP contribution in [0.1, 0.15) is 44.2 Å². The summed E-state index contributed by atoms with van der Waals surface area (Å²) in [7, 11) is 1.58. The Morgan fingerprint density at radius 1 is 1.03 bits per heavy atom. The minimum atomic E-state index is -0.930. The van der Waals surface area contributed by atoms with Crippen molar-refractivity contribution in [2.45, 2.75) is 51.2 Å². The third-order valence-corrected chi connectivity index (χ3v) is 7.02. The van der Waals surface area contributed by atoms with Crippen LogP contribution < -0.4 is 19.7 Å². The Morgan fingerprint density at radius 2 is 1.79 bits per heavy atom. The average Bonchev–Trinajstić information content (AvgIpc) is 3.62. The lowest BCUT2D eigenvalue weighted by Gasteiger charge is -2.32. The molecule has 0 saturated heterocycles. The molecule has 5 rings (SSSR count). The predicted octanol–water partition coefficient (Wildman–Crippen LogP) is 4.67. The van der Waals surface area contributed by atoms with E-state index in [0.717, 1.165) is 31.2 Å². The highest BCUT2D eigenvalue weighted by Crippen LogP contribution is 2.32. The van der Waals surface area contributed by atoms with Crippen molar-refractivity contribution in [3.63, 3.8) is 0 Å². The maximum atomic E-state index is 14.2. The molecule has 1 heterocycles. The predicted molar refractivity (Wildman–Crippen MR) is 149 cm³/mol. The molecule has 0 spiro atoms. The van der Waals surface area contributed by atoms with Crippen LogP contribution in [-0.4, -0.2) is 46.6 Å². The maximum absolute atomic E-state index is 14.2. The molecular formula is C30H33N5O4. The first-order valence-electron chi connectivity index (χ1n) is 13.3. The number of benzene rings is 3. The smallest absolute Gasteiger partial charge is 0.249 e. The van der Waals surface area contributed by atoms with Gasteiger partial charge in [-0.2, -0.15) is 0 Å². The molecular weight excluding hydrogens is 494 g/mol. The summed E-state index contributed by atoms with van der Waals surface area (Å²) in [4.78, 5) is 29.7. The van der Waals surface area contributed by atoms with E-state index >= 15 is 0 Å². The second kappa shape index (κ2) is 12.0. The number of nitrogens with zero attached hydrogens (tertiary/aromatic N) is 4. The molecule has 2 amide bonds. The summed E-state index contributed by atoms with van der Waals surface area (Å²) in [6.45, 7) is 2.35. The van der Waals surface area contributed by atoms with Gasteiger partial charge in [-0.15, -0.1) is 5.10 Å². The summed E-state index contributed by atoms with van der Waals surface area (Å²) in [5.74, 6) is 0.752. The number of para-hydroxylation sites is 1. The van der Waals surface area contributed by atoms with Crippen molar-refractivity contribution in [2.24, 2.45) is 0 Å². The van der Waals surface area contributed by atoms with Gasteiger partial charge in [0.15, 0.2) is 0 Å². The number of aromatic nitrogens is 3. The quantitative estimate of drug-likeness (QED) is 0.322. The number of carbonyl (C=O) groups is 2. The molecule has 1 fully saturated rings. The second-order valence-corrected chi connectivity index (χ2v) is 9.60. The molecule has 4 aromatic rings. The molecule has 1 aliphatic carbocycles. The normalized spacial score (nSPS) is 14.2. The van der Waals surface area contributed by atoms with Crippen molar-refractivity contribution in [3.8, 4) is 11.5 Å². The van der Waals surface area contributed by atoms with E-state index in [9.17, 15) is 9.59 Å². The fourth-order valence-electron chi connectivity index (χ4n) is 5.12. The Bertz CT molecular complexity index is 1430. The van der Waals surface area contributed by atoms with Crippen molar-refractivity contribution < 1.29 is 19.1 Å². The molecule has 9 nitrogen and oxygen atoms in total. The number of rotatable bonds is 10. The minimum absolute atomic E-state index is 0.0853. The highest BCUT2D eigenvalue weighted by atomic mass is 16.5. The van der Waals surface area contributed by atoms with Crippen LogP contribution in [0.3, 0.4) is 0 Å². The topological polar surface area (TPSA) is 98.6 Å². The summed E-state index contributed by atoms with van der Waals surface area (Å²) in [6.07, 6.45) is 4.02. The van der Waals surface area contributed by atoms with E-state index in [-0.39, 0.29) is 24.4 Å². The van der Waals surface area contributed by atoms with Gasteiger partial charge in [0.1, 0.15) is 29.6 Å². The monoisotopic (exact) mass is 527 g/mol. The molecule has 0 radical (unpaired) electrons. The van der Waals surface area contributed by atoms with Gasteiger partial charge in [-0.25, -0.2) is 4.68 Å². The number of nitrogens with one attached hydrogen (secondary N) is 1. The maximum Gasteiger partial charge on any atom is 0.249 e. The fraction of sp³-hybridized carbons (Fsp3) is 0.333. The molecule has 9 heteroatoms. The standard InChI is InChI=1S/C30H33N5O4/c1-3-39-24-17-15-23(16-18-24)35(28(36)20-34-27-14-7-6-13-26(27)32-33-34)29(21-9-8-12-25(19-21)38-2)30(37)31-22-10-4-5-11-22/h6-9,12-19,22,29H,3-5,10-11,20H2,1-2H3,(H,31,37)/t29-/m1/s1. The third-order valence-electron chi connectivity index (χ3n) is 7.02. The number of anilines is 1. The van der Waals surface area contributed by atoms with E-state index < -0.39 is 6.04 Å². The van der Waals surface area contributed by atoms with Crippen molar-refractivity contribution in [3.05, 3.63) is 78.4 Å². The number of carbonyl (C=O) groups excluding carboxylic acids is 2. The van der Waals surface area contributed by atoms with Crippen molar-refractivity contribution in [1.82, 2.24) is 20.3 Å². The summed E-state index contributed by atoms with van der Waals surface area (Å²) in [5.41, 5.74) is 2.66. The van der Waals surface area contributed by atoms with E-state index in [1.165, 1.54) is 0 Å². The van der Waals surface area contributed by atoms with E-state index in [0.29, 0.717) is 34.9 Å². The van der Waals surface area contributed by atoms with Crippen LogP contribution in [0.2, 0.25) is 0 Å². The lowest BCUT2D eigenvalue weighted by molar-refractivity contribution is -0.127. The van der Waals surface area contributed by atoms with Crippen LogP contribution in [0.15, 0.2) is 72.8 Å². The molecule has 1 aliphatic rings. The molecule has 3 aromatic carbocycles. The molecule has 1 saturated carbocycles. The van der Waals surface area contributed by atoms with Gasteiger partial charge >= 0.3 is 0 Å². The van der Waals surface area contributed by atoms with Gasteiger partial charge in [0.2, 0.25) is 11.8 Å². The van der Waals surface area contributed by atoms with Gasteiger partial charge in [-0.3, -0.25) is 14.5 Å². The lowest BCUT2D eigenvalue weighted by atomic mass is 10.0. The van der Waals surface area contributed by atoms with Gasteiger partial charge in [-0.05, 0) is 73.9 Å². The Kier molecular flexibility index (Phi) is 8.05. The molecule has 1 N–H and O–H groups in total. The summed E-state index contributed by atoms with van der Waals surface area (Å²) < 4.78 is 12.7. The van der Waals surface area contributed by atoms with E-state index in [4.69, 9.17) is 9.47 Å². The molecule has 39 heavy (non-hydrogen) atoms. The second-order valence-electron chi connectivity index (χ2n) is 9.60. The fourth-order valence-corrected chi connectivity index (χ4v) is 5.12. The number of fused-ring (bicyclic) bond motifs is 1. The van der Waals surface area contributed by atoms with Crippen molar-refractivity contribution in [1.29, 1.82) is 0 Å². The van der Waals surface area contributed by atoms with Gasteiger partial charge < -0.3 is 14.8 Å². The Hall–Kier alpha value is -4.40. The van der Waals surface area contributed by atoms with Crippen LogP contribution in [0.5, 0.6) is 11.5 Å². The highest BCUT2D eigenvalue weighted by Gasteiger charge is 2.35. The van der Waals surface area contributed by atoms with Crippen molar-refractivity contribution >= 4 is 28.5 Å². The van der Waals surface area contributed by atoms with Gasteiger partial charge in [0.05, 0.1) is 19.2 Å². The molecule has 0 aliphatic heterocycles. The van der Waals surface area contributed by atoms with Crippen LogP contribution >= 0.6 is 0 Å². The Balaban J connectivity index is 1.57. The zero-order valence-corrected chi connectivity index (χ0v) is 22.2. The van der Waals surface area contributed by atoms with Crippen LogP contribution in [0.4, 0.5) is 5.69 Å². The number of amides is 2. The first-order valence-corrected chi connectivity index (χ1v) is 13.3. The zero-order valence-electron chi connectivity index (χ0n) is 22.2. The summed E-state index contributed by atoms with van der Waals surface area (Å²) in [5, 5.41) is 11.6. The molecule has 202 valence electrons. The molecule has 0 bridgehead atoms.